The molecule has 0 bridgehead atoms. The van der Waals surface area contributed by atoms with Crippen LogP contribution in [0.4, 0.5) is 0 Å². The first-order valence-electron chi connectivity index (χ1n) is 8.61. The van der Waals surface area contributed by atoms with Gasteiger partial charge in [-0.05, 0) is 29.3 Å². The summed E-state index contributed by atoms with van der Waals surface area (Å²) in [4.78, 5) is 12.8. The number of carbonyl (C=O) groups excluding carboxylic acids is 1. The molecule has 28 heavy (non-hydrogen) atoms. The van der Waals surface area contributed by atoms with Crippen LogP contribution < -0.4 is 5.32 Å². The number of rotatable bonds is 4. The smallest absolute Gasteiger partial charge is 0.252 e. The van der Waals surface area contributed by atoms with Crippen molar-refractivity contribution in [3.8, 4) is 28.4 Å². The van der Waals surface area contributed by atoms with Gasteiger partial charge >= 0.3 is 0 Å². The third-order valence-electron chi connectivity index (χ3n) is 4.41. The topological polar surface area (TPSA) is 103 Å². The fraction of sp³-hybridized carbons (Fsp3) is 0.0455. The number of aromatic hydroxyl groups is 3. The van der Waals surface area contributed by atoms with Crippen LogP contribution in [0.15, 0.2) is 71.3 Å². The molecule has 6 nitrogen and oxygen atoms in total. The molecule has 140 valence electrons. The first kappa shape index (κ1) is 17.5. The van der Waals surface area contributed by atoms with Crippen LogP contribution in [0.3, 0.4) is 0 Å². The fourth-order valence-electron chi connectivity index (χ4n) is 3.17. The largest absolute Gasteiger partial charge is 0.508 e. The summed E-state index contributed by atoms with van der Waals surface area (Å²) in [5.74, 6) is -0.704. The number of hydrogen-bond acceptors (Lipinski definition) is 5. The van der Waals surface area contributed by atoms with Gasteiger partial charge in [0.05, 0.1) is 11.8 Å². The summed E-state index contributed by atoms with van der Waals surface area (Å²) in [5.41, 5.74) is 2.50. The molecule has 0 unspecified atom stereocenters. The number of fused-ring (bicyclic) bond motifs is 1. The van der Waals surface area contributed by atoms with E-state index < -0.39 is 0 Å². The molecule has 0 radical (unpaired) electrons. The molecule has 0 atom stereocenters. The van der Waals surface area contributed by atoms with E-state index in [9.17, 15) is 20.1 Å². The summed E-state index contributed by atoms with van der Waals surface area (Å²) in [6.45, 7) is 0.330. The predicted octanol–water partition coefficient (Wildman–Crippen LogP) is 4.15. The van der Waals surface area contributed by atoms with E-state index in [0.29, 0.717) is 28.6 Å². The van der Waals surface area contributed by atoms with Crippen LogP contribution in [0.5, 0.6) is 17.2 Å². The van der Waals surface area contributed by atoms with E-state index in [1.807, 2.05) is 30.3 Å². The Morgan fingerprint density at radius 1 is 0.893 bits per heavy atom. The van der Waals surface area contributed by atoms with Gasteiger partial charge in [0, 0.05) is 29.6 Å². The molecule has 0 spiro atoms. The summed E-state index contributed by atoms with van der Waals surface area (Å²) < 4.78 is 5.51. The molecule has 0 aliphatic rings. The molecule has 0 aliphatic carbocycles. The lowest BCUT2D eigenvalue weighted by atomic mass is 9.99. The second kappa shape index (κ2) is 7.00. The number of hydrogen-bond donors (Lipinski definition) is 4. The minimum absolute atomic E-state index is 0.1000. The Hall–Kier alpha value is -3.93. The third-order valence-corrected chi connectivity index (χ3v) is 4.41. The highest BCUT2D eigenvalue weighted by atomic mass is 16.3. The van der Waals surface area contributed by atoms with Crippen molar-refractivity contribution in [1.29, 1.82) is 0 Å². The zero-order valence-electron chi connectivity index (χ0n) is 14.7. The number of phenolic OH excluding ortho intramolecular Hbond substituents is 3. The zero-order chi connectivity index (χ0) is 19.7. The second-order valence-corrected chi connectivity index (χ2v) is 6.42. The van der Waals surface area contributed by atoms with E-state index >= 15 is 0 Å². The van der Waals surface area contributed by atoms with Gasteiger partial charge in [0.2, 0.25) is 0 Å². The van der Waals surface area contributed by atoms with Gasteiger partial charge in [-0.2, -0.15) is 0 Å². The number of benzene rings is 3. The van der Waals surface area contributed by atoms with Gasteiger partial charge in [-0.1, -0.05) is 30.3 Å². The molecule has 0 aliphatic heterocycles. The highest BCUT2D eigenvalue weighted by Gasteiger charge is 2.19. The average molecular weight is 375 g/mol. The maximum absolute atomic E-state index is 12.8. The van der Waals surface area contributed by atoms with Crippen molar-refractivity contribution in [1.82, 2.24) is 5.32 Å². The van der Waals surface area contributed by atoms with Crippen LogP contribution in [-0.4, -0.2) is 21.2 Å². The fourth-order valence-corrected chi connectivity index (χ4v) is 3.17. The lowest BCUT2D eigenvalue weighted by Crippen LogP contribution is -2.23. The van der Waals surface area contributed by atoms with Gasteiger partial charge in [-0.15, -0.1) is 0 Å². The molecule has 4 rings (SSSR count). The Morgan fingerprint density at radius 2 is 1.57 bits per heavy atom. The van der Waals surface area contributed by atoms with Gasteiger partial charge in [-0.3, -0.25) is 4.79 Å². The Balaban J connectivity index is 1.77. The number of nitrogens with one attached hydrogen (secondary N) is 1. The number of phenols is 3. The van der Waals surface area contributed by atoms with Gasteiger partial charge < -0.3 is 25.1 Å². The zero-order valence-corrected chi connectivity index (χ0v) is 14.7. The molecule has 3 aromatic carbocycles. The lowest BCUT2D eigenvalue weighted by Gasteiger charge is -2.09. The summed E-state index contributed by atoms with van der Waals surface area (Å²) in [6, 6.07) is 16.4. The van der Waals surface area contributed by atoms with Crippen LogP contribution in [0.25, 0.3) is 22.1 Å². The summed E-state index contributed by atoms with van der Waals surface area (Å²) >= 11 is 0. The Morgan fingerprint density at radius 3 is 2.29 bits per heavy atom. The maximum atomic E-state index is 12.8. The number of carbonyl (C=O) groups is 1. The summed E-state index contributed by atoms with van der Waals surface area (Å²) in [7, 11) is 0. The average Bonchev–Trinajstić information content (AvgIpc) is 3.09. The SMILES string of the molecule is O=C(NCc1ccccc1)c1cc(O)cc2occ(-c3cc(O)cc(O)c3)c12. The van der Waals surface area contributed by atoms with Crippen molar-refractivity contribution >= 4 is 16.9 Å². The minimum Gasteiger partial charge on any atom is -0.508 e. The van der Waals surface area contributed by atoms with Crippen molar-refractivity contribution in [3.63, 3.8) is 0 Å². The highest BCUT2D eigenvalue weighted by molar-refractivity contribution is 6.11. The van der Waals surface area contributed by atoms with E-state index in [-0.39, 0.29) is 28.7 Å². The molecule has 1 heterocycles. The van der Waals surface area contributed by atoms with Gasteiger partial charge in [-0.25, -0.2) is 0 Å². The van der Waals surface area contributed by atoms with E-state index in [1.54, 1.807) is 0 Å². The second-order valence-electron chi connectivity index (χ2n) is 6.42. The van der Waals surface area contributed by atoms with E-state index in [2.05, 4.69) is 5.32 Å². The Labute approximate surface area is 160 Å². The van der Waals surface area contributed by atoms with Crippen molar-refractivity contribution in [2.24, 2.45) is 0 Å². The number of amides is 1. The summed E-state index contributed by atoms with van der Waals surface area (Å²) in [6.07, 6.45) is 1.42. The monoisotopic (exact) mass is 375 g/mol. The highest BCUT2D eigenvalue weighted by Crippen LogP contribution is 2.38. The Bertz CT molecular complexity index is 1140. The first-order chi connectivity index (χ1) is 13.5. The van der Waals surface area contributed by atoms with Crippen LogP contribution in [0.2, 0.25) is 0 Å². The minimum atomic E-state index is -0.378. The van der Waals surface area contributed by atoms with Crippen molar-refractivity contribution in [2.75, 3.05) is 0 Å². The van der Waals surface area contributed by atoms with Crippen molar-refractivity contribution < 1.29 is 24.5 Å². The molecule has 1 amide bonds. The molecule has 4 aromatic rings. The van der Waals surface area contributed by atoms with Gasteiger partial charge in [0.15, 0.2) is 0 Å². The van der Waals surface area contributed by atoms with Gasteiger partial charge in [0.1, 0.15) is 22.8 Å². The molecule has 0 fully saturated rings. The molecule has 4 N–H and O–H groups in total. The molecule has 0 saturated heterocycles. The Kier molecular flexibility index (Phi) is 4.37. The quantitative estimate of drug-likeness (QED) is 0.429. The van der Waals surface area contributed by atoms with Crippen molar-refractivity contribution in [3.05, 3.63) is 78.1 Å². The van der Waals surface area contributed by atoms with Crippen molar-refractivity contribution in [2.45, 2.75) is 6.54 Å². The van der Waals surface area contributed by atoms with E-state index in [1.165, 1.54) is 36.6 Å². The normalized spacial score (nSPS) is 10.9. The third kappa shape index (κ3) is 3.35. The van der Waals surface area contributed by atoms with Crippen LogP contribution >= 0.6 is 0 Å². The summed E-state index contributed by atoms with van der Waals surface area (Å²) in [5, 5.41) is 32.9. The molecular weight excluding hydrogens is 358 g/mol. The predicted molar refractivity (Wildman–Crippen MR) is 104 cm³/mol. The maximum Gasteiger partial charge on any atom is 0.252 e. The standard InChI is InChI=1S/C22H17NO5/c24-15-6-14(7-16(25)8-15)19-12-28-20-10-17(26)9-18(21(19)20)22(27)23-11-13-4-2-1-3-5-13/h1-10,12,24-26H,11H2,(H,23,27). The molecule has 6 heteroatoms. The van der Waals surface area contributed by atoms with Crippen LogP contribution in [0, 0.1) is 0 Å². The van der Waals surface area contributed by atoms with E-state index in [0.717, 1.165) is 5.56 Å². The van der Waals surface area contributed by atoms with Crippen LogP contribution in [-0.2, 0) is 6.54 Å². The van der Waals surface area contributed by atoms with Gasteiger partial charge in [0.25, 0.3) is 5.91 Å². The molecule has 0 saturated carbocycles. The number of furan rings is 1. The van der Waals surface area contributed by atoms with Crippen LogP contribution in [0.1, 0.15) is 15.9 Å². The van der Waals surface area contributed by atoms with E-state index in [4.69, 9.17) is 4.42 Å². The lowest BCUT2D eigenvalue weighted by molar-refractivity contribution is 0.0952. The first-order valence-corrected chi connectivity index (χ1v) is 8.61. The molecular formula is C22H17NO5. The molecule has 1 aromatic heterocycles.